The summed E-state index contributed by atoms with van der Waals surface area (Å²) in [7, 11) is 0. The Labute approximate surface area is 109 Å². The fraction of sp³-hybridized carbons (Fsp3) is 0.154. The second kappa shape index (κ2) is 5.34. The number of rotatable bonds is 5. The Hall–Kier alpha value is -2.63. The monoisotopic (exact) mass is 258 g/mol. The van der Waals surface area contributed by atoms with Crippen molar-refractivity contribution in [3.05, 3.63) is 52.1 Å². The lowest BCUT2D eigenvalue weighted by molar-refractivity contribution is 0.100. The number of primary amides is 1. The van der Waals surface area contributed by atoms with Gasteiger partial charge in [0.1, 0.15) is 5.82 Å². The van der Waals surface area contributed by atoms with Crippen LogP contribution in [0.15, 0.2) is 35.6 Å². The predicted octanol–water partition coefficient (Wildman–Crippen LogP) is 1.88. The van der Waals surface area contributed by atoms with E-state index in [2.05, 4.69) is 10.2 Å². The average Bonchev–Trinajstić information content (AvgIpc) is 2.77. The Balaban J connectivity index is 2.06. The zero-order valence-electron chi connectivity index (χ0n) is 10.2. The summed E-state index contributed by atoms with van der Waals surface area (Å²) in [6, 6.07) is 7.04. The third-order valence-electron chi connectivity index (χ3n) is 2.97. The molecule has 2 aromatic rings. The maximum Gasteiger partial charge on any atom is 0.248 e. The number of nitrogens with two attached hydrogens (primary N) is 2. The first-order valence-electron chi connectivity index (χ1n) is 5.79. The Bertz CT molecular complexity index is 602. The van der Waals surface area contributed by atoms with Crippen LogP contribution in [0.25, 0.3) is 0 Å². The van der Waals surface area contributed by atoms with E-state index < -0.39 is 5.91 Å². The molecule has 0 unspecified atom stereocenters. The molecule has 98 valence electrons. The van der Waals surface area contributed by atoms with Crippen molar-refractivity contribution < 1.29 is 4.79 Å². The molecule has 0 aliphatic rings. The minimum atomic E-state index is -0.447. The summed E-state index contributed by atoms with van der Waals surface area (Å²) in [5, 5.41) is 2.91. The van der Waals surface area contributed by atoms with Crippen LogP contribution in [0.2, 0.25) is 0 Å². The number of nitroso groups, excluding NO2 is 1. The molecule has 0 saturated heterocycles. The minimum Gasteiger partial charge on any atom is -0.383 e. The number of H-pyrrole nitrogens is 1. The third kappa shape index (κ3) is 2.79. The van der Waals surface area contributed by atoms with Crippen molar-refractivity contribution in [1.29, 1.82) is 0 Å². The molecule has 5 N–H and O–H groups in total. The number of anilines is 1. The molecule has 19 heavy (non-hydrogen) atoms. The van der Waals surface area contributed by atoms with Gasteiger partial charge in [-0.05, 0) is 35.7 Å². The number of hydrogen-bond donors (Lipinski definition) is 3. The summed E-state index contributed by atoms with van der Waals surface area (Å²) in [6.07, 6.45) is 3.05. The summed E-state index contributed by atoms with van der Waals surface area (Å²) >= 11 is 0. The second-order valence-electron chi connectivity index (χ2n) is 4.23. The summed E-state index contributed by atoms with van der Waals surface area (Å²) in [5.74, 6) is -0.161. The van der Waals surface area contributed by atoms with Crippen molar-refractivity contribution in [2.24, 2.45) is 10.9 Å². The van der Waals surface area contributed by atoms with E-state index in [0.717, 1.165) is 17.5 Å². The van der Waals surface area contributed by atoms with E-state index in [1.165, 1.54) is 0 Å². The van der Waals surface area contributed by atoms with Gasteiger partial charge in [-0.2, -0.15) is 0 Å². The molecule has 0 atom stereocenters. The van der Waals surface area contributed by atoms with Crippen LogP contribution in [0.5, 0.6) is 0 Å². The smallest absolute Gasteiger partial charge is 0.248 e. The van der Waals surface area contributed by atoms with Crippen LogP contribution < -0.4 is 11.5 Å². The van der Waals surface area contributed by atoms with Crippen LogP contribution in [0, 0.1) is 4.91 Å². The SMILES string of the molecule is NC(=O)c1ccc(CCc2c[nH]c(N)c2N=O)cc1. The molecule has 1 heterocycles. The van der Waals surface area contributed by atoms with Crippen molar-refractivity contribution in [3.63, 3.8) is 0 Å². The molecule has 1 amide bonds. The number of aryl methyl sites for hydroxylation is 2. The van der Waals surface area contributed by atoms with Gasteiger partial charge < -0.3 is 16.5 Å². The number of nitrogen functional groups attached to an aromatic ring is 1. The van der Waals surface area contributed by atoms with Gasteiger partial charge in [-0.3, -0.25) is 4.79 Å². The summed E-state index contributed by atoms with van der Waals surface area (Å²) in [4.78, 5) is 24.3. The molecule has 0 radical (unpaired) electrons. The lowest BCUT2D eigenvalue weighted by Gasteiger charge is -2.02. The van der Waals surface area contributed by atoms with Gasteiger partial charge in [0, 0.05) is 17.3 Å². The number of benzene rings is 1. The van der Waals surface area contributed by atoms with E-state index in [4.69, 9.17) is 11.5 Å². The number of aromatic nitrogens is 1. The maximum atomic E-state index is 10.9. The van der Waals surface area contributed by atoms with E-state index in [9.17, 15) is 9.70 Å². The van der Waals surface area contributed by atoms with Gasteiger partial charge in [-0.1, -0.05) is 12.1 Å². The lowest BCUT2D eigenvalue weighted by Crippen LogP contribution is -2.10. The normalized spacial score (nSPS) is 10.3. The number of aromatic amines is 1. The highest BCUT2D eigenvalue weighted by Gasteiger charge is 2.09. The first kappa shape index (κ1) is 12.8. The molecule has 0 aliphatic heterocycles. The average molecular weight is 258 g/mol. The molecule has 6 nitrogen and oxygen atoms in total. The topological polar surface area (TPSA) is 114 Å². The molecule has 1 aromatic heterocycles. The number of nitrogens with one attached hydrogen (secondary N) is 1. The molecule has 6 heteroatoms. The molecule has 0 fully saturated rings. The minimum absolute atomic E-state index is 0.272. The molecule has 1 aromatic carbocycles. The Morgan fingerprint density at radius 1 is 1.21 bits per heavy atom. The van der Waals surface area contributed by atoms with E-state index in [-0.39, 0.29) is 11.5 Å². The predicted molar refractivity (Wildman–Crippen MR) is 73.0 cm³/mol. The molecular formula is C13H14N4O2. The fourth-order valence-electron chi connectivity index (χ4n) is 1.89. The summed E-state index contributed by atoms with van der Waals surface area (Å²) in [6.45, 7) is 0. The largest absolute Gasteiger partial charge is 0.383 e. The molecule has 0 bridgehead atoms. The molecule has 2 rings (SSSR count). The summed E-state index contributed by atoms with van der Waals surface area (Å²) < 4.78 is 0. The Morgan fingerprint density at radius 3 is 2.47 bits per heavy atom. The highest BCUT2D eigenvalue weighted by Crippen LogP contribution is 2.27. The Morgan fingerprint density at radius 2 is 1.89 bits per heavy atom. The highest BCUT2D eigenvalue weighted by molar-refractivity contribution is 5.92. The quantitative estimate of drug-likeness (QED) is 0.711. The zero-order valence-corrected chi connectivity index (χ0v) is 10.2. The van der Waals surface area contributed by atoms with Gasteiger partial charge >= 0.3 is 0 Å². The van der Waals surface area contributed by atoms with Crippen molar-refractivity contribution >= 4 is 17.4 Å². The maximum absolute atomic E-state index is 10.9. The lowest BCUT2D eigenvalue weighted by atomic mass is 10.0. The molecule has 0 spiro atoms. The van der Waals surface area contributed by atoms with Crippen LogP contribution in [0.3, 0.4) is 0 Å². The van der Waals surface area contributed by atoms with Gasteiger partial charge in [-0.15, -0.1) is 4.91 Å². The number of amides is 1. The zero-order chi connectivity index (χ0) is 13.8. The number of carbonyl (C=O) groups excluding carboxylic acids is 1. The van der Waals surface area contributed by atoms with Crippen molar-refractivity contribution in [3.8, 4) is 0 Å². The van der Waals surface area contributed by atoms with Gasteiger partial charge in [0.05, 0.1) is 0 Å². The van der Waals surface area contributed by atoms with Crippen molar-refractivity contribution in [2.75, 3.05) is 5.73 Å². The standard InChI is InChI=1S/C13H14N4O2/c14-12-11(17-19)10(7-16-12)6-3-8-1-4-9(5-2-8)13(15)18/h1-2,4-5,7,16H,3,6,14H2,(H2,15,18). The second-order valence-corrected chi connectivity index (χ2v) is 4.23. The van der Waals surface area contributed by atoms with E-state index in [0.29, 0.717) is 12.0 Å². The number of hydrogen-bond acceptors (Lipinski definition) is 4. The van der Waals surface area contributed by atoms with Gasteiger partial charge in [0.15, 0.2) is 5.69 Å². The van der Waals surface area contributed by atoms with Crippen LogP contribution in [0.1, 0.15) is 21.5 Å². The van der Waals surface area contributed by atoms with Crippen LogP contribution in [-0.4, -0.2) is 10.9 Å². The molecular weight excluding hydrogens is 244 g/mol. The number of carbonyl (C=O) groups is 1. The van der Waals surface area contributed by atoms with Crippen molar-refractivity contribution in [1.82, 2.24) is 4.98 Å². The van der Waals surface area contributed by atoms with Crippen LogP contribution in [0.4, 0.5) is 11.5 Å². The van der Waals surface area contributed by atoms with Crippen molar-refractivity contribution in [2.45, 2.75) is 12.8 Å². The van der Waals surface area contributed by atoms with Crippen LogP contribution in [-0.2, 0) is 12.8 Å². The summed E-state index contributed by atoms with van der Waals surface area (Å²) in [5.41, 5.74) is 13.3. The van der Waals surface area contributed by atoms with E-state index in [1.54, 1.807) is 18.3 Å². The highest BCUT2D eigenvalue weighted by atomic mass is 16.3. The molecule has 0 aliphatic carbocycles. The van der Waals surface area contributed by atoms with Gasteiger partial charge in [0.2, 0.25) is 5.91 Å². The van der Waals surface area contributed by atoms with Gasteiger partial charge in [0.25, 0.3) is 0 Å². The number of nitrogens with zero attached hydrogens (tertiary/aromatic N) is 1. The van der Waals surface area contributed by atoms with E-state index >= 15 is 0 Å². The first-order chi connectivity index (χ1) is 9.11. The first-order valence-corrected chi connectivity index (χ1v) is 5.79. The fourth-order valence-corrected chi connectivity index (χ4v) is 1.89. The Kier molecular flexibility index (Phi) is 3.61. The molecule has 0 saturated carbocycles. The van der Waals surface area contributed by atoms with Gasteiger partial charge in [-0.25, -0.2) is 0 Å². The third-order valence-corrected chi connectivity index (χ3v) is 2.97. The van der Waals surface area contributed by atoms with E-state index in [1.807, 2.05) is 12.1 Å². The van der Waals surface area contributed by atoms with Crippen LogP contribution >= 0.6 is 0 Å².